The number of aliphatic carboxylic acids is 1. The second-order valence-corrected chi connectivity index (χ2v) is 4.66. The first-order valence-electron chi connectivity index (χ1n) is 5.02. The Hall–Kier alpha value is -0.750. The number of carbonyl (C=O) groups is 2. The Morgan fingerprint density at radius 1 is 1.50 bits per heavy atom. The largest absolute Gasteiger partial charge is 0.481 e. The fraction of sp³-hybridized carbons (Fsp3) is 0.800. The molecule has 0 aliphatic carbocycles. The van der Waals surface area contributed by atoms with Crippen LogP contribution < -0.4 is 0 Å². The van der Waals surface area contributed by atoms with Crippen molar-refractivity contribution >= 4 is 23.6 Å². The maximum absolute atomic E-state index is 11.5. The molecule has 6 heteroatoms. The van der Waals surface area contributed by atoms with Crippen molar-refractivity contribution in [3.63, 3.8) is 0 Å². The van der Waals surface area contributed by atoms with Gasteiger partial charge in [-0.15, -0.1) is 11.8 Å². The van der Waals surface area contributed by atoms with Gasteiger partial charge in [0.25, 0.3) is 0 Å². The maximum Gasteiger partial charge on any atom is 0.308 e. The van der Waals surface area contributed by atoms with Crippen LogP contribution in [-0.2, 0) is 14.3 Å². The van der Waals surface area contributed by atoms with E-state index in [9.17, 15) is 9.59 Å². The molecule has 0 bridgehead atoms. The van der Waals surface area contributed by atoms with Crippen LogP contribution in [0.4, 0.5) is 0 Å². The molecule has 16 heavy (non-hydrogen) atoms. The predicted octanol–water partition coefficient (Wildman–Crippen LogP) is 0.545. The second kappa shape index (κ2) is 8.41. The molecule has 0 rings (SSSR count). The van der Waals surface area contributed by atoms with Gasteiger partial charge in [0.2, 0.25) is 5.91 Å². The van der Waals surface area contributed by atoms with E-state index in [-0.39, 0.29) is 12.5 Å². The fourth-order valence-electron chi connectivity index (χ4n) is 1.00. The summed E-state index contributed by atoms with van der Waals surface area (Å²) in [7, 11) is 3.24. The molecule has 0 radical (unpaired) electrons. The first-order valence-corrected chi connectivity index (χ1v) is 6.18. The van der Waals surface area contributed by atoms with Gasteiger partial charge in [-0.3, -0.25) is 9.59 Å². The van der Waals surface area contributed by atoms with Crippen LogP contribution in [0.5, 0.6) is 0 Å². The van der Waals surface area contributed by atoms with E-state index in [2.05, 4.69) is 0 Å². The third-order valence-corrected chi connectivity index (χ3v) is 2.96. The highest BCUT2D eigenvalue weighted by atomic mass is 32.2. The zero-order chi connectivity index (χ0) is 12.6. The Bertz CT molecular complexity index is 235. The molecular formula is C10H19NO4S. The van der Waals surface area contributed by atoms with E-state index in [0.717, 1.165) is 5.75 Å². The highest BCUT2D eigenvalue weighted by Crippen LogP contribution is 2.04. The van der Waals surface area contributed by atoms with Crippen molar-refractivity contribution < 1.29 is 19.4 Å². The van der Waals surface area contributed by atoms with E-state index in [4.69, 9.17) is 9.84 Å². The Labute approximate surface area is 100 Å². The van der Waals surface area contributed by atoms with Gasteiger partial charge in [-0.1, -0.05) is 6.92 Å². The molecule has 0 aliphatic heterocycles. The van der Waals surface area contributed by atoms with Crippen LogP contribution in [0, 0.1) is 5.92 Å². The Morgan fingerprint density at radius 2 is 2.12 bits per heavy atom. The van der Waals surface area contributed by atoms with Crippen LogP contribution in [0.3, 0.4) is 0 Å². The third-order valence-electron chi connectivity index (χ3n) is 2.05. The highest BCUT2D eigenvalue weighted by Gasteiger charge is 2.16. The molecule has 0 spiro atoms. The van der Waals surface area contributed by atoms with Gasteiger partial charge < -0.3 is 14.7 Å². The lowest BCUT2D eigenvalue weighted by Gasteiger charge is -2.19. The molecule has 1 atom stereocenters. The lowest BCUT2D eigenvalue weighted by molar-refractivity contribution is -0.142. The minimum absolute atomic E-state index is 0.0470. The van der Waals surface area contributed by atoms with Gasteiger partial charge >= 0.3 is 5.97 Å². The fourth-order valence-corrected chi connectivity index (χ4v) is 1.83. The average molecular weight is 249 g/mol. The normalized spacial score (nSPS) is 12.2. The van der Waals surface area contributed by atoms with Crippen molar-refractivity contribution in [3.05, 3.63) is 0 Å². The molecule has 94 valence electrons. The number of hydrogen-bond donors (Lipinski definition) is 1. The third kappa shape index (κ3) is 6.68. The van der Waals surface area contributed by atoms with E-state index in [1.165, 1.54) is 16.7 Å². The van der Waals surface area contributed by atoms with Crippen molar-refractivity contribution in [2.45, 2.75) is 6.92 Å². The standard InChI is InChI=1S/C10H19NO4S/c1-8(10(13)14)6-11(2)9(12)7-16-5-4-15-3/h8H,4-7H2,1-3H3,(H,13,14)/t8-/m1/s1. The zero-order valence-corrected chi connectivity index (χ0v) is 10.7. The summed E-state index contributed by atoms with van der Waals surface area (Å²) in [5.74, 6) is -0.324. The van der Waals surface area contributed by atoms with Crippen LogP contribution in [0.15, 0.2) is 0 Å². The van der Waals surface area contributed by atoms with Gasteiger partial charge in [0.05, 0.1) is 18.3 Å². The van der Waals surface area contributed by atoms with Crippen molar-refractivity contribution in [1.82, 2.24) is 4.90 Å². The summed E-state index contributed by atoms with van der Waals surface area (Å²) in [5, 5.41) is 8.70. The van der Waals surface area contributed by atoms with Crippen LogP contribution >= 0.6 is 11.8 Å². The predicted molar refractivity (Wildman–Crippen MR) is 63.6 cm³/mol. The van der Waals surface area contributed by atoms with Gasteiger partial charge in [0.1, 0.15) is 0 Å². The Kier molecular flexibility index (Phi) is 8.01. The van der Waals surface area contributed by atoms with Crippen LogP contribution in [0.25, 0.3) is 0 Å². The number of rotatable bonds is 8. The molecule has 0 aliphatic rings. The number of methoxy groups -OCH3 is 1. The topological polar surface area (TPSA) is 66.8 Å². The number of carboxylic acids is 1. The number of hydrogen-bond acceptors (Lipinski definition) is 4. The molecule has 5 nitrogen and oxygen atoms in total. The van der Waals surface area contributed by atoms with Crippen molar-refractivity contribution in [3.8, 4) is 0 Å². The highest BCUT2D eigenvalue weighted by molar-refractivity contribution is 7.99. The summed E-state index contributed by atoms with van der Waals surface area (Å²) in [4.78, 5) is 23.6. The van der Waals surface area contributed by atoms with Crippen molar-refractivity contribution in [2.24, 2.45) is 5.92 Å². The molecule has 0 fully saturated rings. The quantitative estimate of drug-likeness (QED) is 0.636. The van der Waals surface area contributed by atoms with Gasteiger partial charge in [-0.2, -0.15) is 0 Å². The smallest absolute Gasteiger partial charge is 0.308 e. The molecule has 0 aromatic rings. The molecule has 1 amide bonds. The van der Waals surface area contributed by atoms with E-state index in [1.807, 2.05) is 0 Å². The molecule has 0 aromatic heterocycles. The van der Waals surface area contributed by atoms with E-state index in [1.54, 1.807) is 21.1 Å². The number of ether oxygens (including phenoxy) is 1. The minimum Gasteiger partial charge on any atom is -0.481 e. The number of carbonyl (C=O) groups excluding carboxylic acids is 1. The number of nitrogens with zero attached hydrogens (tertiary/aromatic N) is 1. The van der Waals surface area contributed by atoms with Crippen molar-refractivity contribution in [1.29, 1.82) is 0 Å². The van der Waals surface area contributed by atoms with Gasteiger partial charge in [0.15, 0.2) is 0 Å². The van der Waals surface area contributed by atoms with E-state index in [0.29, 0.717) is 12.4 Å². The first kappa shape index (κ1) is 15.2. The van der Waals surface area contributed by atoms with Gasteiger partial charge in [-0.05, 0) is 0 Å². The zero-order valence-electron chi connectivity index (χ0n) is 9.93. The van der Waals surface area contributed by atoms with E-state index >= 15 is 0 Å². The van der Waals surface area contributed by atoms with Gasteiger partial charge in [-0.25, -0.2) is 0 Å². The van der Waals surface area contributed by atoms with Crippen LogP contribution in [0.2, 0.25) is 0 Å². The molecule has 0 saturated carbocycles. The van der Waals surface area contributed by atoms with E-state index < -0.39 is 11.9 Å². The van der Waals surface area contributed by atoms with Crippen molar-refractivity contribution in [2.75, 3.05) is 38.8 Å². The van der Waals surface area contributed by atoms with Crippen LogP contribution in [0.1, 0.15) is 6.92 Å². The average Bonchev–Trinajstić information content (AvgIpc) is 2.23. The molecule has 0 aromatic carbocycles. The minimum atomic E-state index is -0.883. The summed E-state index contributed by atoms with van der Waals surface area (Å²) in [6.07, 6.45) is 0. The Morgan fingerprint density at radius 3 is 2.62 bits per heavy atom. The number of amides is 1. The summed E-state index contributed by atoms with van der Waals surface area (Å²) in [5.41, 5.74) is 0. The maximum atomic E-state index is 11.5. The SMILES string of the molecule is COCCSCC(=O)N(C)C[C@@H](C)C(=O)O. The van der Waals surface area contributed by atoms with Gasteiger partial charge in [0, 0.05) is 26.5 Å². The number of thioether (sulfide) groups is 1. The summed E-state index contributed by atoms with van der Waals surface area (Å²) < 4.78 is 4.86. The van der Waals surface area contributed by atoms with Crippen LogP contribution in [-0.4, -0.2) is 60.7 Å². The Balaban J connectivity index is 3.77. The number of carboxylic acid groups (broad SMARTS) is 1. The molecule has 0 unspecified atom stereocenters. The lowest BCUT2D eigenvalue weighted by Crippen LogP contribution is -2.34. The lowest BCUT2D eigenvalue weighted by atomic mass is 10.2. The molecular weight excluding hydrogens is 230 g/mol. The summed E-state index contributed by atoms with van der Waals surface area (Å²) in [6.45, 7) is 2.45. The molecule has 1 N–H and O–H groups in total. The monoisotopic (exact) mass is 249 g/mol. The molecule has 0 heterocycles. The first-order chi connectivity index (χ1) is 7.49. The second-order valence-electron chi connectivity index (χ2n) is 3.56. The molecule has 0 saturated heterocycles. The summed E-state index contributed by atoms with van der Waals surface area (Å²) in [6, 6.07) is 0. The summed E-state index contributed by atoms with van der Waals surface area (Å²) >= 11 is 1.49.